The SMILES string of the molecule is C.C.C.CC(C)c1nc(CN(C)C(=O)N[C@@H](Cc2c[nH]c3ccccc23)C(=O)N[C@H](CC[C@H](Cc2ccccc2)NC(=O)OCc2cncs2)Cc2ccccc2)cs1.CC(C)c1nc(CN(C)C(=O)N[C@@H](Cc2c[nH]c3ccccc23)C(=O)O)cs1.COC(=O)[C@@H](N)Cc1c[nH]c2ccccc12.COC(=O)[C@H](Cc1c[nH]c2ccccc12)NC(=O)N(C)Cc1csc(C(C)C)n1.Cl.I.II.I[I-]I.[2H]N. The Kier molecular flexibility index (Phi) is 58.2. The summed E-state index contributed by atoms with van der Waals surface area (Å²) in [5, 5.41) is 37.4. The summed E-state index contributed by atoms with van der Waals surface area (Å²) in [5.74, 6) is -1.22. The topological polar surface area (TPSA) is 430 Å². The molecule has 41 heteroatoms. The van der Waals surface area contributed by atoms with Gasteiger partial charge in [-0.05, 0) is 83.3 Å². The number of hydrogen-bond acceptors (Lipinski definition) is 21. The van der Waals surface area contributed by atoms with E-state index < -0.39 is 48.2 Å². The number of carboxylic acid groups (broad SMARTS) is 1. The third kappa shape index (κ3) is 39.9. The zero-order chi connectivity index (χ0) is 98.8. The molecule has 6 atom stereocenters. The molecular weight excluding hydrogens is 2560 g/mol. The van der Waals surface area contributed by atoms with Crippen molar-refractivity contribution >= 4 is 248 Å². The summed E-state index contributed by atoms with van der Waals surface area (Å²) in [5.41, 5.74) is 19.7. The third-order valence-corrected chi connectivity index (χ3v) is 25.7. The normalized spacial score (nSPS) is 11.8. The molecule has 0 aliphatic carbocycles. The van der Waals surface area contributed by atoms with Crippen LogP contribution in [0.1, 0.15) is 165 Å². The van der Waals surface area contributed by atoms with Crippen LogP contribution >= 0.6 is 156 Å². The van der Waals surface area contributed by atoms with Gasteiger partial charge in [0.1, 0.15) is 32.2 Å². The number of nitrogens with zero attached hydrogens (tertiary/aromatic N) is 7. The molecule has 8 aromatic heterocycles. The Balaban J connectivity index is 0.000000509. The van der Waals surface area contributed by atoms with E-state index >= 15 is 0 Å². The van der Waals surface area contributed by atoms with Crippen LogP contribution in [0.4, 0.5) is 19.2 Å². The fraction of sp³-hybridized carbons (Fsp3) is 0.354. The van der Waals surface area contributed by atoms with Gasteiger partial charge in [0.2, 0.25) is 5.91 Å². The predicted octanol–water partition coefficient (Wildman–Crippen LogP) is 20.1. The van der Waals surface area contributed by atoms with Crippen LogP contribution < -0.4 is 51.7 Å². The minimum Gasteiger partial charge on any atom is -0.344 e. The van der Waals surface area contributed by atoms with Crippen molar-refractivity contribution in [3.63, 3.8) is 0 Å². The van der Waals surface area contributed by atoms with Crippen LogP contribution in [-0.4, -0.2) is 179 Å². The second kappa shape index (κ2) is 65.7. The molecule has 0 radical (unpaired) electrons. The number of urea groups is 3. The number of carbonyl (C=O) groups excluding carboxylic acids is 7. The first-order valence-corrected chi connectivity index (χ1v) is 65.4. The Bertz CT molecular complexity index is 6040. The number of aromatic nitrogens is 8. The van der Waals surface area contributed by atoms with E-state index in [4.69, 9.17) is 21.6 Å². The molecular formula is C99H130ClI6N18O12S4-. The number of methoxy groups -OCH3 is 2. The zero-order valence-electron chi connectivity index (χ0n) is 78.5. The van der Waals surface area contributed by atoms with Crippen molar-refractivity contribution < 1.29 is 72.3 Å². The zero-order valence-corrected chi connectivity index (χ0v) is 94.7. The first kappa shape index (κ1) is 124. The van der Waals surface area contributed by atoms with E-state index in [1.54, 1.807) is 78.0 Å². The Labute approximate surface area is 914 Å². The van der Waals surface area contributed by atoms with E-state index in [1.807, 2.05) is 192 Å². The van der Waals surface area contributed by atoms with Gasteiger partial charge in [0.05, 0.1) is 76.3 Å². The molecule has 0 bridgehead atoms. The molecule has 0 saturated carbocycles. The quantitative estimate of drug-likeness (QED) is 0.00997. The largest absolute Gasteiger partial charge is 0.344 e. The molecule has 0 unspecified atom stereocenters. The molecule has 8 heterocycles. The van der Waals surface area contributed by atoms with Crippen LogP contribution in [0.15, 0.2) is 210 Å². The van der Waals surface area contributed by atoms with Crippen molar-refractivity contribution in [2.75, 3.05) is 35.4 Å². The molecule has 0 spiro atoms. The molecule has 140 heavy (non-hydrogen) atoms. The molecule has 15 N–H and O–H groups in total. The number of para-hydroxylation sites is 4. The molecule has 0 aliphatic heterocycles. The summed E-state index contributed by atoms with van der Waals surface area (Å²) in [6.45, 7) is 13.7. The van der Waals surface area contributed by atoms with E-state index in [1.165, 1.54) is 35.4 Å². The molecule has 30 nitrogen and oxygen atoms in total. The maximum Gasteiger partial charge on any atom is 0.115 e. The number of nitrogens with two attached hydrogens (primary N) is 1. The molecule has 14 aromatic rings. The molecule has 8 amide bonds. The summed E-state index contributed by atoms with van der Waals surface area (Å²) in [7, 11) is 7.70. The first-order chi connectivity index (χ1) is 65.6. The van der Waals surface area contributed by atoms with Crippen LogP contribution in [0.2, 0.25) is 1.41 Å². The standard InChI is InChI=1S/C43H49N7O4S2.C21H26N4O3S.C20H24N4O3S.C12H14N2O2.3CH4.ClH.I3.I2.HI.H3N/c1-29(2)41-47-35(27-55-41)25-50(3)42(52)49-39(22-32-23-45-38-17-11-10-16-37(32)38)40(51)46-33(20-30-12-6-4-7-13-30)18-19-34(21-31-14-8-5-9-15-31)48-43(53)54-26-36-24-44-28-56-36;1-13(2)19-23-15(12-29-19)11-25(3)21(27)24-18(20(26)28-4)9-14-10-22-17-8-6-5-7-16(14)17;1-12(2)18-22-14(11-28-18)10-24(3)20(27)23-17(19(25)26)8-13-9-21-16-7-5-4-6-15(13)16;1-16-12(15)10(13)6-8-7-14-11-5-3-2-4-9(8)11;;;;;1-3-2;1-2;;/h4-17,23-24,27-29,33-34,39,45H,18-22,25-26H2,1-3H3,(H,46,51)(H,48,53)(H,49,52);5-8,10,12-13,18,22H,9,11H2,1-4H3,(H,24,27);4-7,9,11-12,17,21H,8,10H2,1-3H3,(H,23,27)(H,25,26);2-5,7,10,14H,6,13H2,1H3;3*1H4;1H;;;1H;1H3/q;;;;;;;;-1;;;/t33-,34-,39+;18-;17-;10-;;;;;;;;/m1000......../s1/i/hD. The van der Waals surface area contributed by atoms with Gasteiger partial charge in [-0.1, -0.05) is 197 Å². The smallest absolute Gasteiger partial charge is 0.115 e. The Morgan fingerprint density at radius 1 is 0.471 bits per heavy atom. The molecule has 6 aromatic carbocycles. The van der Waals surface area contributed by atoms with Crippen molar-refractivity contribution in [3.8, 4) is 0 Å². The number of amides is 8. The number of benzene rings is 6. The van der Waals surface area contributed by atoms with Gasteiger partial charge in [-0.2, -0.15) is 0 Å². The third-order valence-electron chi connectivity index (χ3n) is 21.3. The number of nitrogens with one attached hydrogen (secondary N) is 9. The molecule has 0 aliphatic rings. The summed E-state index contributed by atoms with van der Waals surface area (Å²) in [6.07, 6.45) is 15.9. The van der Waals surface area contributed by atoms with Gasteiger partial charge in [0.15, 0.2) is 0 Å². The van der Waals surface area contributed by atoms with E-state index in [-0.39, 0.29) is 114 Å². The Morgan fingerprint density at radius 3 is 1.13 bits per heavy atom. The van der Waals surface area contributed by atoms with Crippen molar-refractivity contribution in [2.45, 2.75) is 195 Å². The number of rotatable bonds is 35. The average Bonchev–Trinajstić information content (AvgIpc) is 1.68. The maximum atomic E-state index is 14.5. The summed E-state index contributed by atoms with van der Waals surface area (Å²) < 4.78 is 20.3. The number of thiazole rings is 4. The second-order valence-corrected chi connectivity index (χ2v) is 52.3. The molecule has 762 valence electrons. The Hall–Kier alpha value is -8.45. The van der Waals surface area contributed by atoms with E-state index in [9.17, 15) is 43.5 Å². The maximum absolute atomic E-state index is 14.5. The number of hydrogen-bond donors (Lipinski definition) is 12. The van der Waals surface area contributed by atoms with Gasteiger partial charge < -0.3 is 92.4 Å². The predicted molar refractivity (Wildman–Crippen MR) is 612 cm³/mol. The van der Waals surface area contributed by atoms with Crippen LogP contribution in [0.25, 0.3) is 43.6 Å². The molecule has 14 rings (SSSR count). The van der Waals surface area contributed by atoms with Crippen LogP contribution in [0, 0.1) is 0 Å². The summed E-state index contributed by atoms with van der Waals surface area (Å²) in [6, 6.07) is 46.4. The number of esters is 2. The number of alkyl carbamates (subject to hydrolysis) is 1. The number of halogens is 7. The number of fused-ring (bicyclic) bond motifs is 4. The van der Waals surface area contributed by atoms with Gasteiger partial charge in [-0.25, -0.2) is 43.7 Å². The van der Waals surface area contributed by atoms with Gasteiger partial charge in [0, 0.05) is 205 Å². The second-order valence-electron chi connectivity index (χ2n) is 32.4. The summed E-state index contributed by atoms with van der Waals surface area (Å²) >= 11 is 15.7. The van der Waals surface area contributed by atoms with Crippen molar-refractivity contribution in [1.82, 2.24) is 87.3 Å². The monoisotopic (exact) mass is 2690 g/mol. The van der Waals surface area contributed by atoms with Crippen molar-refractivity contribution in [2.24, 2.45) is 5.73 Å². The van der Waals surface area contributed by atoms with E-state index in [0.717, 1.165) is 114 Å². The minimum absolute atomic E-state index is 0. The molecule has 0 fully saturated rings. The number of carbonyl (C=O) groups is 8. The average molecular weight is 2690 g/mol. The fourth-order valence-corrected chi connectivity index (χ4v) is 17.4. The van der Waals surface area contributed by atoms with Crippen LogP contribution in [-0.2, 0) is 98.2 Å². The summed E-state index contributed by atoms with van der Waals surface area (Å²) in [4.78, 5) is 138. The fourth-order valence-electron chi connectivity index (χ4n) is 14.4. The van der Waals surface area contributed by atoms with Crippen LogP contribution in [0.5, 0.6) is 0 Å². The van der Waals surface area contributed by atoms with E-state index in [0.29, 0.717) is 89.2 Å². The number of H-pyrrole nitrogens is 4. The van der Waals surface area contributed by atoms with Gasteiger partial charge in [0.25, 0.3) is 0 Å². The van der Waals surface area contributed by atoms with Crippen LogP contribution in [0.3, 0.4) is 0 Å². The van der Waals surface area contributed by atoms with E-state index in [2.05, 4.69) is 188 Å². The van der Waals surface area contributed by atoms with Gasteiger partial charge in [-0.15, -0.1) is 81.7 Å². The first-order valence-electron chi connectivity index (χ1n) is 43.6. The number of carboxylic acids is 1. The minimum atomic E-state index is -1.07. The van der Waals surface area contributed by atoms with Crippen molar-refractivity contribution in [1.29, 1.82) is 0 Å². The number of aliphatic carboxylic acids is 1. The van der Waals surface area contributed by atoms with Gasteiger partial charge in [-0.3, -0.25) is 14.6 Å². The van der Waals surface area contributed by atoms with Crippen molar-refractivity contribution in [3.05, 3.63) is 281 Å². The Morgan fingerprint density at radius 2 is 0.793 bits per heavy atom. The molecule has 0 saturated heterocycles. The number of aromatic amines is 4. The van der Waals surface area contributed by atoms with Gasteiger partial charge >= 0.3 is 92.6 Å². The number of ether oxygens (including phenoxy) is 3.